The first-order valence-corrected chi connectivity index (χ1v) is 6.65. The largest absolute Gasteiger partial charge is 0.350 e. The van der Waals surface area contributed by atoms with Crippen LogP contribution >= 0.6 is 0 Å². The number of rotatable bonds is 3. The van der Waals surface area contributed by atoms with Crippen molar-refractivity contribution >= 4 is 5.91 Å². The number of hydrogen-bond donors (Lipinski definition) is 2. The highest BCUT2D eigenvalue weighted by Crippen LogP contribution is 2.16. The Hall–Kier alpha value is -1.56. The Balaban J connectivity index is 2.02. The molecule has 2 atom stereocenters. The van der Waals surface area contributed by atoms with Crippen molar-refractivity contribution in [2.24, 2.45) is 5.92 Å². The van der Waals surface area contributed by atoms with Crippen molar-refractivity contribution in [3.8, 4) is 0 Å². The number of nitrogens with one attached hydrogen (secondary N) is 2. The Morgan fingerprint density at radius 1 is 1.35 bits per heavy atom. The minimum absolute atomic E-state index is 0.0827. The summed E-state index contributed by atoms with van der Waals surface area (Å²) in [5.74, 6) is -3.90. The van der Waals surface area contributed by atoms with Gasteiger partial charge in [-0.25, -0.2) is 13.2 Å². The third-order valence-corrected chi connectivity index (χ3v) is 3.65. The van der Waals surface area contributed by atoms with E-state index in [9.17, 15) is 18.0 Å². The van der Waals surface area contributed by atoms with E-state index in [1.54, 1.807) is 0 Å². The van der Waals surface area contributed by atoms with Gasteiger partial charge in [-0.2, -0.15) is 0 Å². The first-order chi connectivity index (χ1) is 9.49. The van der Waals surface area contributed by atoms with Crippen molar-refractivity contribution in [2.45, 2.75) is 25.8 Å². The number of benzene rings is 1. The average Bonchev–Trinajstić information content (AvgIpc) is 2.36. The van der Waals surface area contributed by atoms with Crippen LogP contribution in [0.15, 0.2) is 12.1 Å². The normalized spacial score (nSPS) is 22.6. The molecule has 20 heavy (non-hydrogen) atoms. The van der Waals surface area contributed by atoms with Gasteiger partial charge >= 0.3 is 0 Å². The number of hydrogen-bond acceptors (Lipinski definition) is 2. The summed E-state index contributed by atoms with van der Waals surface area (Å²) >= 11 is 0. The van der Waals surface area contributed by atoms with Crippen LogP contribution in [-0.2, 0) is 0 Å². The van der Waals surface area contributed by atoms with Crippen molar-refractivity contribution in [1.29, 1.82) is 0 Å². The van der Waals surface area contributed by atoms with Crippen molar-refractivity contribution in [3.05, 3.63) is 35.1 Å². The van der Waals surface area contributed by atoms with Gasteiger partial charge in [-0.05, 0) is 25.3 Å². The molecule has 1 fully saturated rings. The maximum absolute atomic E-state index is 13.4. The van der Waals surface area contributed by atoms with Crippen molar-refractivity contribution in [1.82, 2.24) is 10.6 Å². The molecule has 1 aliphatic rings. The van der Waals surface area contributed by atoms with Gasteiger partial charge in [0.1, 0.15) is 23.0 Å². The minimum atomic E-state index is -1.19. The number of halogens is 3. The van der Waals surface area contributed by atoms with E-state index in [4.69, 9.17) is 0 Å². The molecule has 6 heteroatoms. The summed E-state index contributed by atoms with van der Waals surface area (Å²) in [6.07, 6.45) is 2.12. The van der Waals surface area contributed by atoms with Gasteiger partial charge in [0.2, 0.25) is 0 Å². The number of carbonyl (C=O) groups excluding carboxylic acids is 1. The van der Waals surface area contributed by atoms with E-state index in [2.05, 4.69) is 17.6 Å². The zero-order chi connectivity index (χ0) is 14.7. The molecule has 0 radical (unpaired) electrons. The van der Waals surface area contributed by atoms with Gasteiger partial charge in [-0.1, -0.05) is 6.92 Å². The predicted octanol–water partition coefficient (Wildman–Crippen LogP) is 2.22. The van der Waals surface area contributed by atoms with Crippen LogP contribution in [0, 0.1) is 23.4 Å². The number of piperidine rings is 1. The van der Waals surface area contributed by atoms with Crippen LogP contribution in [0.4, 0.5) is 13.2 Å². The maximum atomic E-state index is 13.4. The Morgan fingerprint density at radius 2 is 2.00 bits per heavy atom. The van der Waals surface area contributed by atoms with Crippen LogP contribution in [0.3, 0.4) is 0 Å². The lowest BCUT2D eigenvalue weighted by Gasteiger charge is -2.30. The number of amides is 1. The van der Waals surface area contributed by atoms with Crippen LogP contribution in [0.2, 0.25) is 0 Å². The molecule has 0 bridgehead atoms. The second-order valence-electron chi connectivity index (χ2n) is 5.13. The van der Waals surface area contributed by atoms with Crippen LogP contribution in [0.25, 0.3) is 0 Å². The van der Waals surface area contributed by atoms with Crippen LogP contribution in [0.1, 0.15) is 30.1 Å². The molecule has 1 aromatic carbocycles. The molecule has 1 aliphatic heterocycles. The van der Waals surface area contributed by atoms with E-state index in [1.807, 2.05) is 0 Å². The average molecular weight is 286 g/mol. The van der Waals surface area contributed by atoms with Gasteiger partial charge in [-0.3, -0.25) is 4.79 Å². The lowest BCUT2D eigenvalue weighted by atomic mass is 9.93. The molecule has 0 spiro atoms. The Kier molecular flexibility index (Phi) is 4.65. The van der Waals surface area contributed by atoms with E-state index in [0.717, 1.165) is 19.4 Å². The molecule has 1 aromatic rings. The lowest BCUT2D eigenvalue weighted by molar-refractivity contribution is 0.0935. The highest BCUT2D eigenvalue weighted by molar-refractivity contribution is 5.94. The monoisotopic (exact) mass is 286 g/mol. The van der Waals surface area contributed by atoms with Gasteiger partial charge in [-0.15, -0.1) is 0 Å². The van der Waals surface area contributed by atoms with Gasteiger partial charge in [0, 0.05) is 24.7 Å². The molecular formula is C14H17F3N2O. The smallest absolute Gasteiger partial charge is 0.257 e. The number of carbonyl (C=O) groups is 1. The van der Waals surface area contributed by atoms with E-state index in [-0.39, 0.29) is 12.6 Å². The molecule has 1 saturated heterocycles. The van der Waals surface area contributed by atoms with E-state index >= 15 is 0 Å². The summed E-state index contributed by atoms with van der Waals surface area (Å²) < 4.78 is 39.7. The molecule has 2 rings (SSSR count). The minimum Gasteiger partial charge on any atom is -0.350 e. The molecule has 1 heterocycles. The van der Waals surface area contributed by atoms with E-state index in [0.29, 0.717) is 18.1 Å². The predicted molar refractivity (Wildman–Crippen MR) is 68.8 cm³/mol. The van der Waals surface area contributed by atoms with Crippen molar-refractivity contribution < 1.29 is 18.0 Å². The van der Waals surface area contributed by atoms with Crippen molar-refractivity contribution in [3.63, 3.8) is 0 Å². The standard InChI is InChI=1S/C14H17F3N2O/c1-8-3-2-4-18-12(8)7-19-14(20)13-10(16)5-9(15)6-11(13)17/h5-6,8,12,18H,2-4,7H2,1H3,(H,19,20). The zero-order valence-electron chi connectivity index (χ0n) is 11.2. The first kappa shape index (κ1) is 14.8. The fourth-order valence-electron chi connectivity index (χ4n) is 2.44. The lowest BCUT2D eigenvalue weighted by Crippen LogP contribution is -2.48. The van der Waals surface area contributed by atoms with E-state index < -0.39 is 28.9 Å². The molecule has 0 aliphatic carbocycles. The van der Waals surface area contributed by atoms with Crippen molar-refractivity contribution in [2.75, 3.05) is 13.1 Å². The summed E-state index contributed by atoms with van der Waals surface area (Å²) in [7, 11) is 0. The second kappa shape index (κ2) is 6.26. The highest BCUT2D eigenvalue weighted by Gasteiger charge is 2.23. The van der Waals surface area contributed by atoms with Gasteiger partial charge < -0.3 is 10.6 Å². The molecule has 3 nitrogen and oxygen atoms in total. The van der Waals surface area contributed by atoms with Crippen LogP contribution < -0.4 is 10.6 Å². The molecular weight excluding hydrogens is 269 g/mol. The third-order valence-electron chi connectivity index (χ3n) is 3.65. The first-order valence-electron chi connectivity index (χ1n) is 6.65. The topological polar surface area (TPSA) is 41.1 Å². The van der Waals surface area contributed by atoms with Crippen LogP contribution in [-0.4, -0.2) is 25.0 Å². The molecule has 0 aromatic heterocycles. The molecule has 0 saturated carbocycles. The summed E-state index contributed by atoms with van der Waals surface area (Å²) in [5.41, 5.74) is -0.741. The van der Waals surface area contributed by atoms with Gasteiger partial charge in [0.25, 0.3) is 5.91 Å². The quantitative estimate of drug-likeness (QED) is 0.894. The van der Waals surface area contributed by atoms with E-state index in [1.165, 1.54) is 0 Å². The summed E-state index contributed by atoms with van der Waals surface area (Å²) in [6.45, 7) is 3.21. The second-order valence-corrected chi connectivity index (χ2v) is 5.13. The maximum Gasteiger partial charge on any atom is 0.257 e. The SMILES string of the molecule is CC1CCCNC1CNC(=O)c1c(F)cc(F)cc1F. The summed E-state index contributed by atoms with van der Waals surface area (Å²) in [6, 6.07) is 1.08. The fraction of sp³-hybridized carbons (Fsp3) is 0.500. The Bertz CT molecular complexity index is 484. The van der Waals surface area contributed by atoms with Gasteiger partial charge in [0.15, 0.2) is 0 Å². The summed E-state index contributed by atoms with van der Waals surface area (Å²) in [4.78, 5) is 11.8. The Labute approximate surface area is 115 Å². The molecule has 2 N–H and O–H groups in total. The molecule has 2 unspecified atom stereocenters. The zero-order valence-corrected chi connectivity index (χ0v) is 11.2. The van der Waals surface area contributed by atoms with Gasteiger partial charge in [0.05, 0.1) is 0 Å². The molecule has 110 valence electrons. The fourth-order valence-corrected chi connectivity index (χ4v) is 2.44. The third kappa shape index (κ3) is 3.30. The van der Waals surface area contributed by atoms with Crippen LogP contribution in [0.5, 0.6) is 0 Å². The molecule has 1 amide bonds. The Morgan fingerprint density at radius 3 is 2.60 bits per heavy atom. The summed E-state index contributed by atoms with van der Waals surface area (Å²) in [5, 5.41) is 5.75. The highest BCUT2D eigenvalue weighted by atomic mass is 19.1.